The highest BCUT2D eigenvalue weighted by Gasteiger charge is 2.22. The number of hydrogen-bond acceptors (Lipinski definition) is 4. The lowest BCUT2D eigenvalue weighted by molar-refractivity contribution is -0.606. The zero-order valence-corrected chi connectivity index (χ0v) is 16.6. The first-order chi connectivity index (χ1) is 14.6. The van der Waals surface area contributed by atoms with Crippen LogP contribution in [0.4, 0.5) is 5.69 Å². The highest BCUT2D eigenvalue weighted by Crippen LogP contribution is 2.32. The molecular formula is C24H22N4O2. The zero-order valence-electron chi connectivity index (χ0n) is 16.6. The maximum absolute atomic E-state index is 13.4. The van der Waals surface area contributed by atoms with Crippen molar-refractivity contribution in [3.8, 4) is 11.3 Å². The molecule has 0 saturated heterocycles. The summed E-state index contributed by atoms with van der Waals surface area (Å²) in [5.74, 6) is -0.295. The van der Waals surface area contributed by atoms with Gasteiger partial charge in [0.1, 0.15) is 0 Å². The molecule has 2 aromatic heterocycles. The second kappa shape index (κ2) is 8.21. The van der Waals surface area contributed by atoms with Crippen molar-refractivity contribution in [2.24, 2.45) is 0 Å². The highest BCUT2D eigenvalue weighted by molar-refractivity contribution is 6.12. The third-order valence-electron chi connectivity index (χ3n) is 5.12. The lowest BCUT2D eigenvalue weighted by Gasteiger charge is -2.19. The second-order valence-corrected chi connectivity index (χ2v) is 7.06. The Bertz CT molecular complexity index is 1210. The van der Waals surface area contributed by atoms with Gasteiger partial charge in [0.15, 0.2) is 12.4 Å². The molecule has 0 bridgehead atoms. The quantitative estimate of drug-likeness (QED) is 0.392. The van der Waals surface area contributed by atoms with Crippen LogP contribution in [0.2, 0.25) is 0 Å². The van der Waals surface area contributed by atoms with Crippen molar-refractivity contribution in [2.75, 3.05) is 5.73 Å². The van der Waals surface area contributed by atoms with Crippen LogP contribution in [0, 0.1) is 5.21 Å². The Labute approximate surface area is 174 Å². The maximum Gasteiger partial charge on any atom is 0.254 e. The van der Waals surface area contributed by atoms with Gasteiger partial charge in [0.2, 0.25) is 0 Å². The Morgan fingerprint density at radius 2 is 1.83 bits per heavy atom. The highest BCUT2D eigenvalue weighted by atomic mass is 16.5. The molecule has 2 heterocycles. The van der Waals surface area contributed by atoms with Crippen LogP contribution in [-0.2, 0) is 0 Å². The predicted octanol–water partition coefficient (Wildman–Crippen LogP) is 4.00. The monoisotopic (exact) mass is 398 g/mol. The number of benzene rings is 2. The lowest BCUT2D eigenvalue weighted by atomic mass is 9.99. The van der Waals surface area contributed by atoms with E-state index in [4.69, 9.17) is 10.7 Å². The number of carbonyl (C=O) groups excluding carboxylic acids is 1. The van der Waals surface area contributed by atoms with E-state index in [-0.39, 0.29) is 11.9 Å². The molecule has 0 aliphatic rings. The molecule has 1 atom stereocenters. The Hall–Kier alpha value is -3.93. The minimum Gasteiger partial charge on any atom is -0.619 e. The molecule has 30 heavy (non-hydrogen) atoms. The van der Waals surface area contributed by atoms with Crippen molar-refractivity contribution < 1.29 is 9.52 Å². The van der Waals surface area contributed by atoms with Gasteiger partial charge in [-0.25, -0.2) is 4.98 Å². The predicted molar refractivity (Wildman–Crippen MR) is 117 cm³/mol. The average molecular weight is 398 g/mol. The summed E-state index contributed by atoms with van der Waals surface area (Å²) in [6.07, 6.45) is 3.51. The molecule has 150 valence electrons. The average Bonchev–Trinajstić information content (AvgIpc) is 2.77. The summed E-state index contributed by atoms with van der Waals surface area (Å²) in [6.45, 7) is 1.95. The summed E-state index contributed by atoms with van der Waals surface area (Å²) < 4.78 is 0.730. The van der Waals surface area contributed by atoms with Crippen LogP contribution in [0.25, 0.3) is 22.2 Å². The molecule has 0 radical (unpaired) electrons. The Balaban J connectivity index is 1.81. The number of hydrogen-bond donors (Lipinski definition) is 2. The molecule has 6 nitrogen and oxygen atoms in total. The van der Waals surface area contributed by atoms with E-state index in [0.29, 0.717) is 34.3 Å². The van der Waals surface area contributed by atoms with Gasteiger partial charge < -0.3 is 16.3 Å². The van der Waals surface area contributed by atoms with E-state index in [9.17, 15) is 10.0 Å². The molecule has 0 saturated carbocycles. The van der Waals surface area contributed by atoms with Crippen LogP contribution in [0.3, 0.4) is 0 Å². The van der Waals surface area contributed by atoms with Gasteiger partial charge in [-0.15, -0.1) is 0 Å². The smallest absolute Gasteiger partial charge is 0.254 e. The number of para-hydroxylation sites is 1. The minimum absolute atomic E-state index is 0.295. The van der Waals surface area contributed by atoms with Crippen LogP contribution in [-0.4, -0.2) is 10.9 Å². The topological polar surface area (TPSA) is 95.0 Å². The molecule has 3 N–H and O–H groups in total. The normalized spacial score (nSPS) is 11.9. The van der Waals surface area contributed by atoms with Crippen LogP contribution in [0.5, 0.6) is 0 Å². The zero-order chi connectivity index (χ0) is 21.1. The van der Waals surface area contributed by atoms with Gasteiger partial charge in [0.25, 0.3) is 5.91 Å². The number of anilines is 1. The molecule has 4 rings (SSSR count). The van der Waals surface area contributed by atoms with Crippen molar-refractivity contribution in [1.82, 2.24) is 10.3 Å². The number of nitrogens with two attached hydrogens (primary N) is 1. The van der Waals surface area contributed by atoms with E-state index in [1.54, 1.807) is 6.07 Å². The summed E-state index contributed by atoms with van der Waals surface area (Å²) >= 11 is 0. The Morgan fingerprint density at radius 3 is 2.57 bits per heavy atom. The number of rotatable bonds is 5. The van der Waals surface area contributed by atoms with Crippen molar-refractivity contribution in [3.63, 3.8) is 0 Å². The number of aromatic nitrogens is 2. The van der Waals surface area contributed by atoms with Crippen LogP contribution >= 0.6 is 0 Å². The van der Waals surface area contributed by atoms with Crippen molar-refractivity contribution >= 4 is 22.5 Å². The molecule has 0 aliphatic carbocycles. The van der Waals surface area contributed by atoms with E-state index in [2.05, 4.69) is 5.32 Å². The van der Waals surface area contributed by atoms with E-state index in [1.165, 1.54) is 12.4 Å². The molecular weight excluding hydrogens is 376 g/mol. The van der Waals surface area contributed by atoms with Gasteiger partial charge in [-0.2, -0.15) is 4.73 Å². The molecule has 1 unspecified atom stereocenters. The molecule has 4 aromatic rings. The standard InChI is InChI=1S/C24H22N4O2/c1-2-19(17-11-8-14-28(30)15-17)27-24(29)21-18-12-6-7-13-20(18)26-23(22(21)25)16-9-4-3-5-10-16/h3-15,19H,2,25H2,1H3,(H,27,29). The van der Waals surface area contributed by atoms with Crippen LogP contribution in [0.15, 0.2) is 79.1 Å². The third-order valence-corrected chi connectivity index (χ3v) is 5.12. The number of amides is 1. The SMILES string of the molecule is CCC(NC(=O)c1c(N)c(-c2ccccc2)nc2ccccc12)c1ccc[n+]([O-])c1. The Kier molecular flexibility index (Phi) is 5.30. The van der Waals surface area contributed by atoms with Crippen LogP contribution < -0.4 is 15.8 Å². The summed E-state index contributed by atoms with van der Waals surface area (Å²) in [5.41, 5.74) is 10.1. The van der Waals surface area contributed by atoms with Gasteiger partial charge in [-0.1, -0.05) is 55.5 Å². The molecule has 0 spiro atoms. The fraction of sp³-hybridized carbons (Fsp3) is 0.125. The summed E-state index contributed by atoms with van der Waals surface area (Å²) in [4.78, 5) is 18.1. The second-order valence-electron chi connectivity index (χ2n) is 7.06. The third kappa shape index (κ3) is 3.67. The molecule has 2 aromatic carbocycles. The number of nitrogens with one attached hydrogen (secondary N) is 1. The molecule has 1 amide bonds. The lowest BCUT2D eigenvalue weighted by Crippen LogP contribution is -2.32. The number of fused-ring (bicyclic) bond motifs is 1. The van der Waals surface area contributed by atoms with Gasteiger partial charge >= 0.3 is 0 Å². The van der Waals surface area contributed by atoms with Gasteiger partial charge in [0.05, 0.1) is 28.5 Å². The number of nitrogens with zero attached hydrogens (tertiary/aromatic N) is 2. The van der Waals surface area contributed by atoms with E-state index in [1.807, 2.05) is 67.6 Å². The summed E-state index contributed by atoms with van der Waals surface area (Å²) in [5, 5.41) is 15.4. The first-order valence-corrected chi connectivity index (χ1v) is 9.81. The largest absolute Gasteiger partial charge is 0.619 e. The molecule has 0 aliphatic heterocycles. The summed E-state index contributed by atoms with van der Waals surface area (Å²) in [7, 11) is 0. The van der Waals surface area contributed by atoms with Gasteiger partial charge in [-0.3, -0.25) is 4.79 Å². The van der Waals surface area contributed by atoms with E-state index < -0.39 is 0 Å². The Morgan fingerprint density at radius 1 is 1.10 bits per heavy atom. The van der Waals surface area contributed by atoms with Crippen molar-refractivity contribution in [1.29, 1.82) is 0 Å². The first kappa shape index (κ1) is 19.4. The fourth-order valence-corrected chi connectivity index (χ4v) is 3.62. The summed E-state index contributed by atoms with van der Waals surface area (Å²) in [6, 6.07) is 20.2. The molecule has 6 heteroatoms. The molecule has 0 fully saturated rings. The van der Waals surface area contributed by atoms with Gasteiger partial charge in [0, 0.05) is 22.6 Å². The van der Waals surface area contributed by atoms with E-state index in [0.717, 1.165) is 15.9 Å². The number of carbonyl (C=O) groups is 1. The van der Waals surface area contributed by atoms with Gasteiger partial charge in [-0.05, 0) is 18.6 Å². The minimum atomic E-state index is -0.314. The number of pyridine rings is 2. The van der Waals surface area contributed by atoms with Crippen molar-refractivity contribution in [2.45, 2.75) is 19.4 Å². The fourth-order valence-electron chi connectivity index (χ4n) is 3.62. The first-order valence-electron chi connectivity index (χ1n) is 9.81. The van der Waals surface area contributed by atoms with Crippen LogP contribution in [0.1, 0.15) is 35.3 Å². The van der Waals surface area contributed by atoms with Crippen molar-refractivity contribution in [3.05, 3.63) is 95.5 Å². The maximum atomic E-state index is 13.4. The number of nitrogen functional groups attached to an aromatic ring is 1. The van der Waals surface area contributed by atoms with E-state index >= 15 is 0 Å².